The van der Waals surface area contributed by atoms with Crippen LogP contribution in [0, 0.1) is 11.3 Å². The van der Waals surface area contributed by atoms with Crippen LogP contribution in [-0.4, -0.2) is 31.8 Å². The quantitative estimate of drug-likeness (QED) is 0.292. The van der Waals surface area contributed by atoms with Gasteiger partial charge in [-0.2, -0.15) is 0 Å². The lowest BCUT2D eigenvalue weighted by Crippen LogP contribution is -2.40. The molecule has 0 spiro atoms. The molecule has 0 radical (unpaired) electrons. The number of amides is 1. The second kappa shape index (κ2) is 13.1. The van der Waals surface area contributed by atoms with Crippen LogP contribution in [0.25, 0.3) is 0 Å². The van der Waals surface area contributed by atoms with Gasteiger partial charge >= 0.3 is 0 Å². The van der Waals surface area contributed by atoms with Crippen molar-refractivity contribution in [3.05, 3.63) is 102 Å². The van der Waals surface area contributed by atoms with E-state index in [1.807, 2.05) is 38.1 Å². The van der Waals surface area contributed by atoms with Crippen molar-refractivity contribution in [2.24, 2.45) is 11.3 Å². The van der Waals surface area contributed by atoms with E-state index in [9.17, 15) is 4.79 Å². The van der Waals surface area contributed by atoms with E-state index in [4.69, 9.17) is 9.47 Å². The maximum atomic E-state index is 13.3. The van der Waals surface area contributed by atoms with E-state index in [0.717, 1.165) is 31.8 Å². The molecule has 3 aromatic rings. The zero-order valence-electron chi connectivity index (χ0n) is 23.4. The Morgan fingerprint density at radius 2 is 1.53 bits per heavy atom. The van der Waals surface area contributed by atoms with Gasteiger partial charge in [-0.15, -0.1) is 0 Å². The fourth-order valence-electron chi connectivity index (χ4n) is 5.87. The minimum absolute atomic E-state index is 0.0306. The van der Waals surface area contributed by atoms with Crippen molar-refractivity contribution >= 4 is 5.91 Å². The molecule has 0 saturated carbocycles. The molecule has 1 heterocycles. The van der Waals surface area contributed by atoms with Crippen LogP contribution in [-0.2, 0) is 9.53 Å². The van der Waals surface area contributed by atoms with Gasteiger partial charge in [0, 0.05) is 25.5 Å². The van der Waals surface area contributed by atoms with E-state index in [0.29, 0.717) is 18.9 Å². The van der Waals surface area contributed by atoms with Crippen LogP contribution >= 0.6 is 0 Å². The van der Waals surface area contributed by atoms with E-state index < -0.39 is 0 Å². The minimum atomic E-state index is 0.0306. The van der Waals surface area contributed by atoms with Gasteiger partial charge in [0.25, 0.3) is 0 Å². The van der Waals surface area contributed by atoms with Gasteiger partial charge in [0.05, 0.1) is 12.7 Å². The zero-order valence-corrected chi connectivity index (χ0v) is 23.4. The topological polar surface area (TPSA) is 47.6 Å². The molecule has 1 amide bonds. The van der Waals surface area contributed by atoms with Gasteiger partial charge in [-0.05, 0) is 72.8 Å². The lowest BCUT2D eigenvalue weighted by molar-refractivity contribution is -0.122. The highest BCUT2D eigenvalue weighted by Gasteiger charge is 2.39. The molecule has 4 heteroatoms. The summed E-state index contributed by atoms with van der Waals surface area (Å²) < 4.78 is 11.6. The predicted molar refractivity (Wildman–Crippen MR) is 155 cm³/mol. The third kappa shape index (κ3) is 7.48. The van der Waals surface area contributed by atoms with Crippen molar-refractivity contribution in [3.8, 4) is 5.75 Å². The smallest absolute Gasteiger partial charge is 0.220 e. The molecule has 0 bridgehead atoms. The molecule has 1 saturated heterocycles. The maximum Gasteiger partial charge on any atom is 0.220 e. The maximum absolute atomic E-state index is 13.3. The Labute approximate surface area is 228 Å². The first-order chi connectivity index (χ1) is 18.3. The van der Waals surface area contributed by atoms with E-state index >= 15 is 0 Å². The van der Waals surface area contributed by atoms with Crippen LogP contribution < -0.4 is 10.1 Å². The molecule has 1 aliphatic heterocycles. The van der Waals surface area contributed by atoms with Gasteiger partial charge in [0.2, 0.25) is 5.91 Å². The summed E-state index contributed by atoms with van der Waals surface area (Å²) in [6, 6.07) is 29.5. The van der Waals surface area contributed by atoms with Crippen LogP contribution in [0.2, 0.25) is 0 Å². The van der Waals surface area contributed by atoms with E-state index in [1.54, 1.807) is 0 Å². The third-order valence-corrected chi connectivity index (χ3v) is 7.78. The second-order valence-electron chi connectivity index (χ2n) is 11.5. The summed E-state index contributed by atoms with van der Waals surface area (Å²) in [4.78, 5) is 13.3. The number of carbonyl (C=O) groups excluding carboxylic acids is 1. The Bertz CT molecular complexity index is 1130. The Balaban J connectivity index is 1.44. The standard InChI is InChI=1S/C34H43NO3/c1-25(2)38-29-17-15-28(16-18-29)30(26-11-7-5-8-12-26)19-21-35-33(36)23-31(27-13-9-6-10-14-27)32-20-22-37-24-34(32,3)4/h5-18,25,30-32H,19-24H2,1-4H3,(H,35,36)/t30-,31+,32-/m1/s1. The Morgan fingerprint density at radius 1 is 0.921 bits per heavy atom. The number of hydrogen-bond acceptors (Lipinski definition) is 3. The number of ether oxygens (including phenoxy) is 2. The van der Waals surface area contributed by atoms with Gasteiger partial charge in [0.15, 0.2) is 0 Å². The molecule has 3 atom stereocenters. The molecular formula is C34H43NO3. The first-order valence-corrected chi connectivity index (χ1v) is 14.0. The zero-order chi connectivity index (χ0) is 27.0. The lowest BCUT2D eigenvalue weighted by Gasteiger charge is -2.43. The number of hydrogen-bond donors (Lipinski definition) is 1. The number of rotatable bonds is 11. The molecule has 1 N–H and O–H groups in total. The summed E-state index contributed by atoms with van der Waals surface area (Å²) in [5.74, 6) is 1.77. The summed E-state index contributed by atoms with van der Waals surface area (Å²) in [7, 11) is 0. The summed E-state index contributed by atoms with van der Waals surface area (Å²) in [5, 5.41) is 3.26. The van der Waals surface area contributed by atoms with Crippen molar-refractivity contribution in [1.82, 2.24) is 5.32 Å². The monoisotopic (exact) mass is 513 g/mol. The van der Waals surface area contributed by atoms with Crippen LogP contribution in [0.15, 0.2) is 84.9 Å². The van der Waals surface area contributed by atoms with Crippen LogP contribution in [0.1, 0.15) is 75.5 Å². The van der Waals surface area contributed by atoms with Gasteiger partial charge in [-0.3, -0.25) is 4.79 Å². The fraction of sp³-hybridized carbons (Fsp3) is 0.441. The Morgan fingerprint density at radius 3 is 2.13 bits per heavy atom. The van der Waals surface area contributed by atoms with Crippen molar-refractivity contribution in [1.29, 1.82) is 0 Å². The van der Waals surface area contributed by atoms with Crippen molar-refractivity contribution in [2.45, 2.75) is 64.9 Å². The average molecular weight is 514 g/mol. The molecule has 0 unspecified atom stereocenters. The summed E-state index contributed by atoms with van der Waals surface area (Å²) >= 11 is 0. The summed E-state index contributed by atoms with van der Waals surface area (Å²) in [6.07, 6.45) is 2.45. The van der Waals surface area contributed by atoms with Crippen molar-refractivity contribution < 1.29 is 14.3 Å². The summed E-state index contributed by atoms with van der Waals surface area (Å²) in [5.41, 5.74) is 3.76. The van der Waals surface area contributed by atoms with Gasteiger partial charge in [-0.25, -0.2) is 0 Å². The molecule has 4 nitrogen and oxygen atoms in total. The molecule has 202 valence electrons. The Hall–Kier alpha value is -3.11. The minimum Gasteiger partial charge on any atom is -0.491 e. The van der Waals surface area contributed by atoms with E-state index in [2.05, 4.69) is 79.8 Å². The molecule has 1 fully saturated rings. The van der Waals surface area contributed by atoms with Crippen LogP contribution in [0.4, 0.5) is 0 Å². The largest absolute Gasteiger partial charge is 0.491 e. The van der Waals surface area contributed by atoms with Crippen LogP contribution in [0.3, 0.4) is 0 Å². The highest BCUT2D eigenvalue weighted by atomic mass is 16.5. The second-order valence-corrected chi connectivity index (χ2v) is 11.5. The molecular weight excluding hydrogens is 470 g/mol. The molecule has 3 aromatic carbocycles. The van der Waals surface area contributed by atoms with E-state index in [1.165, 1.54) is 16.7 Å². The van der Waals surface area contributed by atoms with Gasteiger partial charge < -0.3 is 14.8 Å². The first kappa shape index (κ1) is 27.9. The fourth-order valence-corrected chi connectivity index (χ4v) is 5.87. The first-order valence-electron chi connectivity index (χ1n) is 14.0. The number of nitrogens with one attached hydrogen (secondary N) is 1. The van der Waals surface area contributed by atoms with Gasteiger partial charge in [-0.1, -0.05) is 86.6 Å². The van der Waals surface area contributed by atoms with Crippen molar-refractivity contribution in [3.63, 3.8) is 0 Å². The molecule has 1 aliphatic rings. The number of benzene rings is 3. The molecule has 4 rings (SSSR count). The molecule has 0 aromatic heterocycles. The van der Waals surface area contributed by atoms with Gasteiger partial charge in [0.1, 0.15) is 5.75 Å². The van der Waals surface area contributed by atoms with Crippen molar-refractivity contribution in [2.75, 3.05) is 19.8 Å². The third-order valence-electron chi connectivity index (χ3n) is 7.78. The highest BCUT2D eigenvalue weighted by molar-refractivity contribution is 5.77. The predicted octanol–water partition coefficient (Wildman–Crippen LogP) is 7.35. The molecule has 38 heavy (non-hydrogen) atoms. The highest BCUT2D eigenvalue weighted by Crippen LogP contribution is 2.44. The summed E-state index contributed by atoms with van der Waals surface area (Å²) in [6.45, 7) is 10.7. The average Bonchev–Trinajstić information content (AvgIpc) is 2.91. The normalized spacial score (nSPS) is 18.5. The van der Waals surface area contributed by atoms with Crippen LogP contribution in [0.5, 0.6) is 5.75 Å². The molecule has 0 aliphatic carbocycles. The number of carbonyl (C=O) groups is 1. The Kier molecular flexibility index (Phi) is 9.63. The SMILES string of the molecule is CC(C)Oc1ccc([C@H](CCNC(=O)C[C@@H](c2ccccc2)[C@H]2CCOCC2(C)C)c2ccccc2)cc1. The lowest BCUT2D eigenvalue weighted by atomic mass is 9.66. The van der Waals surface area contributed by atoms with E-state index in [-0.39, 0.29) is 29.3 Å².